The SMILES string of the molecule is CC(CCNc1c(F)cccc1F)c1ccccc1. The zero-order chi connectivity index (χ0) is 13.7. The number of hydrogen-bond acceptors (Lipinski definition) is 1. The van der Waals surface area contributed by atoms with Crippen LogP contribution in [-0.4, -0.2) is 6.54 Å². The number of nitrogens with one attached hydrogen (secondary N) is 1. The van der Waals surface area contributed by atoms with Crippen LogP contribution in [0.1, 0.15) is 24.8 Å². The lowest BCUT2D eigenvalue weighted by atomic mass is 9.98. The van der Waals surface area contributed by atoms with Gasteiger partial charge in [-0.3, -0.25) is 0 Å². The summed E-state index contributed by atoms with van der Waals surface area (Å²) in [6, 6.07) is 14.0. The summed E-state index contributed by atoms with van der Waals surface area (Å²) in [6.45, 7) is 2.64. The first kappa shape index (κ1) is 13.5. The van der Waals surface area contributed by atoms with Crippen LogP contribution in [0.15, 0.2) is 48.5 Å². The molecular formula is C16H17F2N. The molecule has 0 spiro atoms. The molecule has 0 saturated heterocycles. The molecule has 19 heavy (non-hydrogen) atoms. The number of benzene rings is 2. The summed E-state index contributed by atoms with van der Waals surface area (Å²) in [5.41, 5.74) is 1.20. The van der Waals surface area contributed by atoms with E-state index in [0.29, 0.717) is 12.5 Å². The number of rotatable bonds is 5. The summed E-state index contributed by atoms with van der Waals surface area (Å²) in [5.74, 6) is -0.747. The molecular weight excluding hydrogens is 244 g/mol. The Bertz CT molecular complexity index is 505. The number of halogens is 2. The summed E-state index contributed by atoms with van der Waals surface area (Å²) in [5, 5.41) is 2.83. The molecule has 3 heteroatoms. The second kappa shape index (κ2) is 6.32. The zero-order valence-electron chi connectivity index (χ0n) is 10.9. The van der Waals surface area contributed by atoms with Crippen molar-refractivity contribution in [1.82, 2.24) is 0 Å². The number of anilines is 1. The fourth-order valence-corrected chi connectivity index (χ4v) is 2.03. The van der Waals surface area contributed by atoms with Gasteiger partial charge in [0, 0.05) is 6.54 Å². The van der Waals surface area contributed by atoms with Gasteiger partial charge in [0.05, 0.1) is 0 Å². The van der Waals surface area contributed by atoms with E-state index in [9.17, 15) is 8.78 Å². The molecule has 0 bridgehead atoms. The average molecular weight is 261 g/mol. The molecule has 0 heterocycles. The maximum Gasteiger partial charge on any atom is 0.149 e. The van der Waals surface area contributed by atoms with Crippen LogP contribution in [0.4, 0.5) is 14.5 Å². The second-order valence-electron chi connectivity index (χ2n) is 4.62. The van der Waals surface area contributed by atoms with E-state index < -0.39 is 11.6 Å². The van der Waals surface area contributed by atoms with E-state index in [-0.39, 0.29) is 5.69 Å². The average Bonchev–Trinajstić information content (AvgIpc) is 2.43. The van der Waals surface area contributed by atoms with E-state index in [4.69, 9.17) is 0 Å². The molecule has 1 nitrogen and oxygen atoms in total. The van der Waals surface area contributed by atoms with E-state index in [2.05, 4.69) is 24.4 Å². The van der Waals surface area contributed by atoms with Crippen LogP contribution in [0.3, 0.4) is 0 Å². The largest absolute Gasteiger partial charge is 0.380 e. The predicted molar refractivity (Wildman–Crippen MR) is 74.3 cm³/mol. The van der Waals surface area contributed by atoms with Crippen LogP contribution < -0.4 is 5.32 Å². The van der Waals surface area contributed by atoms with Gasteiger partial charge in [-0.05, 0) is 30.0 Å². The molecule has 1 atom stereocenters. The molecule has 100 valence electrons. The maximum atomic E-state index is 13.4. The Labute approximate surface area is 112 Å². The highest BCUT2D eigenvalue weighted by molar-refractivity contribution is 5.45. The smallest absolute Gasteiger partial charge is 0.149 e. The Kier molecular flexibility index (Phi) is 4.50. The van der Waals surface area contributed by atoms with Crippen molar-refractivity contribution < 1.29 is 8.78 Å². The summed E-state index contributed by atoms with van der Waals surface area (Å²) in [4.78, 5) is 0. The van der Waals surface area contributed by atoms with Gasteiger partial charge in [-0.15, -0.1) is 0 Å². The van der Waals surface area contributed by atoms with E-state index in [1.165, 1.54) is 23.8 Å². The Hall–Kier alpha value is -1.90. The molecule has 1 unspecified atom stereocenters. The van der Waals surface area contributed by atoms with Crippen LogP contribution in [0.25, 0.3) is 0 Å². The van der Waals surface area contributed by atoms with Gasteiger partial charge >= 0.3 is 0 Å². The third-order valence-electron chi connectivity index (χ3n) is 3.21. The Morgan fingerprint density at radius 2 is 1.58 bits per heavy atom. The van der Waals surface area contributed by atoms with Gasteiger partial charge in [0.25, 0.3) is 0 Å². The molecule has 0 aromatic heterocycles. The molecule has 0 amide bonds. The number of hydrogen-bond donors (Lipinski definition) is 1. The molecule has 0 saturated carbocycles. The molecule has 2 rings (SSSR count). The van der Waals surface area contributed by atoms with E-state index >= 15 is 0 Å². The van der Waals surface area contributed by atoms with Crippen molar-refractivity contribution in [2.24, 2.45) is 0 Å². The van der Waals surface area contributed by atoms with Gasteiger partial charge in [-0.25, -0.2) is 8.78 Å². The highest BCUT2D eigenvalue weighted by Gasteiger charge is 2.09. The van der Waals surface area contributed by atoms with Crippen LogP contribution in [0.2, 0.25) is 0 Å². The van der Waals surface area contributed by atoms with Crippen LogP contribution in [0.5, 0.6) is 0 Å². The maximum absolute atomic E-state index is 13.4. The Balaban J connectivity index is 1.90. The van der Waals surface area contributed by atoms with E-state index in [0.717, 1.165) is 6.42 Å². The lowest BCUT2D eigenvalue weighted by Gasteiger charge is -2.13. The minimum atomic E-state index is -0.549. The van der Waals surface area contributed by atoms with Crippen molar-refractivity contribution in [1.29, 1.82) is 0 Å². The molecule has 0 fully saturated rings. The van der Waals surface area contributed by atoms with Crippen LogP contribution in [0, 0.1) is 11.6 Å². The van der Waals surface area contributed by atoms with Crippen LogP contribution in [-0.2, 0) is 0 Å². The van der Waals surface area contributed by atoms with Gasteiger partial charge in [0.2, 0.25) is 0 Å². The van der Waals surface area contributed by atoms with Crippen molar-refractivity contribution in [2.75, 3.05) is 11.9 Å². The standard InChI is InChI=1S/C16H17F2N/c1-12(13-6-3-2-4-7-13)10-11-19-16-14(17)8-5-9-15(16)18/h2-9,12,19H,10-11H2,1H3. The zero-order valence-corrected chi connectivity index (χ0v) is 10.9. The van der Waals surface area contributed by atoms with Crippen molar-refractivity contribution in [2.45, 2.75) is 19.3 Å². The fraction of sp³-hybridized carbons (Fsp3) is 0.250. The summed E-state index contributed by atoms with van der Waals surface area (Å²) in [7, 11) is 0. The van der Waals surface area contributed by atoms with Gasteiger partial charge in [-0.1, -0.05) is 43.3 Å². The highest BCUT2D eigenvalue weighted by Crippen LogP contribution is 2.21. The Morgan fingerprint density at radius 1 is 0.947 bits per heavy atom. The first-order chi connectivity index (χ1) is 9.18. The third kappa shape index (κ3) is 3.53. The molecule has 2 aromatic rings. The minimum Gasteiger partial charge on any atom is -0.380 e. The molecule has 1 N–H and O–H groups in total. The topological polar surface area (TPSA) is 12.0 Å². The third-order valence-corrected chi connectivity index (χ3v) is 3.21. The van der Waals surface area contributed by atoms with Crippen molar-refractivity contribution in [3.8, 4) is 0 Å². The molecule has 0 radical (unpaired) electrons. The van der Waals surface area contributed by atoms with Gasteiger partial charge < -0.3 is 5.32 Å². The van der Waals surface area contributed by atoms with Crippen molar-refractivity contribution in [3.05, 3.63) is 65.7 Å². The molecule has 2 aromatic carbocycles. The summed E-state index contributed by atoms with van der Waals surface area (Å²) >= 11 is 0. The van der Waals surface area contributed by atoms with Gasteiger partial charge in [0.1, 0.15) is 17.3 Å². The normalized spacial score (nSPS) is 12.2. The quantitative estimate of drug-likeness (QED) is 0.831. The first-order valence-corrected chi connectivity index (χ1v) is 6.41. The summed E-state index contributed by atoms with van der Waals surface area (Å²) < 4.78 is 26.8. The van der Waals surface area contributed by atoms with Gasteiger partial charge in [-0.2, -0.15) is 0 Å². The monoisotopic (exact) mass is 261 g/mol. The van der Waals surface area contributed by atoms with Crippen molar-refractivity contribution in [3.63, 3.8) is 0 Å². The van der Waals surface area contributed by atoms with Crippen LogP contribution >= 0.6 is 0 Å². The van der Waals surface area contributed by atoms with E-state index in [1.54, 1.807) is 0 Å². The predicted octanol–water partition coefficient (Wildman–Crippen LogP) is 4.57. The second-order valence-corrected chi connectivity index (χ2v) is 4.62. The van der Waals surface area contributed by atoms with E-state index in [1.807, 2.05) is 18.2 Å². The lowest BCUT2D eigenvalue weighted by Crippen LogP contribution is -2.08. The fourth-order valence-electron chi connectivity index (χ4n) is 2.03. The summed E-state index contributed by atoms with van der Waals surface area (Å²) in [6.07, 6.45) is 0.817. The highest BCUT2D eigenvalue weighted by atomic mass is 19.1. The Morgan fingerprint density at radius 3 is 2.21 bits per heavy atom. The van der Waals surface area contributed by atoms with Gasteiger partial charge in [0.15, 0.2) is 0 Å². The molecule has 0 aliphatic carbocycles. The number of para-hydroxylation sites is 1. The minimum absolute atomic E-state index is 0.0391. The molecule has 0 aliphatic rings. The first-order valence-electron chi connectivity index (χ1n) is 6.41. The molecule has 0 aliphatic heterocycles. The lowest BCUT2D eigenvalue weighted by molar-refractivity contribution is 0.585. The van der Waals surface area contributed by atoms with Crippen molar-refractivity contribution >= 4 is 5.69 Å².